The second-order valence-electron chi connectivity index (χ2n) is 20.7. The molecule has 0 aromatic heterocycles. The maximum absolute atomic E-state index is 2.55. The minimum Gasteiger partial charge on any atom is -0.310 e. The van der Waals surface area contributed by atoms with Gasteiger partial charge in [0.2, 0.25) is 0 Å². The Morgan fingerprint density at radius 1 is 0.232 bits per heavy atom. The van der Waals surface area contributed by atoms with Gasteiger partial charge < -0.3 is 4.90 Å². The highest BCUT2D eigenvalue weighted by Crippen LogP contribution is 2.63. The minimum atomic E-state index is -0.514. The Hall–Kier alpha value is -8.00. The molecule has 0 saturated heterocycles. The summed E-state index contributed by atoms with van der Waals surface area (Å²) in [7, 11) is 0. The lowest BCUT2D eigenvalue weighted by Crippen LogP contribution is -2.40. The number of benzene rings is 10. The molecule has 1 nitrogen and oxygen atoms in total. The monoisotopic (exact) mass is 881 g/mol. The van der Waals surface area contributed by atoms with Crippen molar-refractivity contribution < 1.29 is 0 Å². The number of rotatable bonds is 5. The summed E-state index contributed by atoms with van der Waals surface area (Å²) in [5, 5.41) is 0. The first kappa shape index (κ1) is 40.1. The van der Waals surface area contributed by atoms with Crippen LogP contribution in [0.25, 0.3) is 33.4 Å². The summed E-state index contributed by atoms with van der Waals surface area (Å²) in [5.74, 6) is 0. The van der Waals surface area contributed by atoms with Crippen LogP contribution in [0.15, 0.2) is 237 Å². The third-order valence-electron chi connectivity index (χ3n) is 16.8. The van der Waals surface area contributed by atoms with Crippen molar-refractivity contribution in [2.24, 2.45) is 0 Å². The molecule has 0 saturated carbocycles. The summed E-state index contributed by atoms with van der Waals surface area (Å²) in [5.41, 5.74) is 25.9. The standard InChI is InChI=1S/C68H51N/c1-65(2)55-28-14-11-25-49(55)52-38-35-47(42-63(52)65)69(46-37-40-58-54(41-46)51-27-13-15-29-56(51)67(58,44-21-7-5-8-22-44)45-23-9-6-10-24-45)48-36-39-53-50-26-12-16-30-57(50)68(64(53)43-48)61-33-19-17-31-59(61)66(3,4)60-32-18-20-34-62(60)68/h5-43H,1-4H3. The van der Waals surface area contributed by atoms with Gasteiger partial charge in [-0.15, -0.1) is 0 Å². The molecule has 0 N–H and O–H groups in total. The fourth-order valence-electron chi connectivity index (χ4n) is 13.8. The average molecular weight is 882 g/mol. The number of hydrogen-bond donors (Lipinski definition) is 0. The Morgan fingerprint density at radius 2 is 0.580 bits per heavy atom. The largest absolute Gasteiger partial charge is 0.310 e. The van der Waals surface area contributed by atoms with Gasteiger partial charge in [0.05, 0.1) is 10.8 Å². The van der Waals surface area contributed by atoms with E-state index in [1.54, 1.807) is 0 Å². The maximum Gasteiger partial charge on any atom is 0.0720 e. The molecule has 69 heavy (non-hydrogen) atoms. The molecule has 0 bridgehead atoms. The molecule has 328 valence electrons. The van der Waals surface area contributed by atoms with Crippen LogP contribution >= 0.6 is 0 Å². The van der Waals surface area contributed by atoms with E-state index < -0.39 is 10.8 Å². The van der Waals surface area contributed by atoms with Gasteiger partial charge >= 0.3 is 0 Å². The Bertz CT molecular complexity index is 3650. The van der Waals surface area contributed by atoms with E-state index in [9.17, 15) is 0 Å². The first-order valence-electron chi connectivity index (χ1n) is 24.6. The highest BCUT2D eigenvalue weighted by atomic mass is 15.1. The van der Waals surface area contributed by atoms with Crippen LogP contribution in [-0.2, 0) is 21.7 Å². The summed E-state index contributed by atoms with van der Waals surface area (Å²) in [6.07, 6.45) is 0. The molecule has 10 aromatic rings. The number of fused-ring (bicyclic) bond motifs is 15. The molecule has 10 aromatic carbocycles. The van der Waals surface area contributed by atoms with Gasteiger partial charge in [-0.25, -0.2) is 0 Å². The smallest absolute Gasteiger partial charge is 0.0720 e. The second kappa shape index (κ2) is 14.3. The SMILES string of the molecule is CC1(C)c2ccccc2-c2ccc(N(c3ccc4c(c3)-c3ccccc3C4(c3ccccc3)c3ccccc3)c3ccc4c(c3)C3(c5ccccc5-4)c4ccccc4C(C)(C)c4ccccc43)cc21. The zero-order valence-corrected chi connectivity index (χ0v) is 39.5. The van der Waals surface area contributed by atoms with E-state index in [0.29, 0.717) is 0 Å². The number of nitrogens with zero attached hydrogens (tertiary/aromatic N) is 1. The molecule has 14 rings (SSSR count). The first-order valence-corrected chi connectivity index (χ1v) is 24.6. The van der Waals surface area contributed by atoms with Crippen LogP contribution in [-0.4, -0.2) is 0 Å². The van der Waals surface area contributed by atoms with Crippen LogP contribution in [0, 0.1) is 0 Å². The van der Waals surface area contributed by atoms with Crippen molar-refractivity contribution in [3.05, 3.63) is 303 Å². The molecule has 0 aliphatic heterocycles. The van der Waals surface area contributed by atoms with Crippen molar-refractivity contribution >= 4 is 17.1 Å². The molecular weight excluding hydrogens is 831 g/mol. The van der Waals surface area contributed by atoms with Crippen molar-refractivity contribution in [2.45, 2.75) is 49.4 Å². The van der Waals surface area contributed by atoms with E-state index in [4.69, 9.17) is 0 Å². The summed E-state index contributed by atoms with van der Waals surface area (Å²) in [6.45, 7) is 9.59. The van der Waals surface area contributed by atoms with Gasteiger partial charge in [-0.2, -0.15) is 0 Å². The van der Waals surface area contributed by atoms with E-state index >= 15 is 0 Å². The van der Waals surface area contributed by atoms with Gasteiger partial charge in [0.1, 0.15) is 0 Å². The van der Waals surface area contributed by atoms with Crippen LogP contribution in [0.4, 0.5) is 17.1 Å². The number of hydrogen-bond acceptors (Lipinski definition) is 1. The highest BCUT2D eigenvalue weighted by molar-refractivity contribution is 5.94. The molecule has 0 unspecified atom stereocenters. The van der Waals surface area contributed by atoms with Gasteiger partial charge in [0, 0.05) is 27.9 Å². The fourth-order valence-corrected chi connectivity index (χ4v) is 13.8. The molecular formula is C68H51N. The van der Waals surface area contributed by atoms with Gasteiger partial charge in [-0.3, -0.25) is 0 Å². The van der Waals surface area contributed by atoms with Crippen LogP contribution < -0.4 is 4.90 Å². The zero-order chi connectivity index (χ0) is 46.3. The molecule has 0 radical (unpaired) electrons. The van der Waals surface area contributed by atoms with E-state index in [2.05, 4.69) is 269 Å². The lowest BCUT2D eigenvalue weighted by molar-refractivity contribution is 0.563. The topological polar surface area (TPSA) is 3.24 Å². The summed E-state index contributed by atoms with van der Waals surface area (Å²) in [6, 6.07) is 89.9. The van der Waals surface area contributed by atoms with Gasteiger partial charge in [0.15, 0.2) is 0 Å². The summed E-state index contributed by atoms with van der Waals surface area (Å²) < 4.78 is 0. The van der Waals surface area contributed by atoms with E-state index in [-0.39, 0.29) is 10.8 Å². The quantitative estimate of drug-likeness (QED) is 0.166. The third-order valence-corrected chi connectivity index (χ3v) is 16.8. The lowest BCUT2D eigenvalue weighted by Gasteiger charge is -2.46. The average Bonchev–Trinajstić information content (AvgIpc) is 3.95. The van der Waals surface area contributed by atoms with E-state index in [0.717, 1.165) is 17.1 Å². The Balaban J connectivity index is 1.05. The van der Waals surface area contributed by atoms with Crippen LogP contribution in [0.3, 0.4) is 0 Å². The Kier molecular flexibility index (Phi) is 8.29. The maximum atomic E-state index is 2.55. The summed E-state index contributed by atoms with van der Waals surface area (Å²) >= 11 is 0. The van der Waals surface area contributed by atoms with Gasteiger partial charge in [0.25, 0.3) is 0 Å². The van der Waals surface area contributed by atoms with Crippen molar-refractivity contribution in [1.82, 2.24) is 0 Å². The summed E-state index contributed by atoms with van der Waals surface area (Å²) in [4.78, 5) is 2.55. The molecule has 4 aliphatic rings. The highest BCUT2D eigenvalue weighted by Gasteiger charge is 2.54. The molecule has 4 aliphatic carbocycles. The van der Waals surface area contributed by atoms with E-state index in [1.807, 2.05) is 0 Å². The lowest BCUT2D eigenvalue weighted by atomic mass is 9.55. The normalized spacial score (nSPS) is 16.0. The Morgan fingerprint density at radius 3 is 1.14 bits per heavy atom. The van der Waals surface area contributed by atoms with Crippen molar-refractivity contribution in [3.63, 3.8) is 0 Å². The molecule has 0 amide bonds. The molecule has 0 heterocycles. The second-order valence-corrected chi connectivity index (χ2v) is 20.7. The predicted octanol–water partition coefficient (Wildman–Crippen LogP) is 16.8. The predicted molar refractivity (Wildman–Crippen MR) is 285 cm³/mol. The molecule has 0 atom stereocenters. The van der Waals surface area contributed by atoms with Crippen LogP contribution in [0.1, 0.15) is 94.5 Å². The van der Waals surface area contributed by atoms with Gasteiger partial charge in [-0.1, -0.05) is 228 Å². The Labute approximate surface area is 406 Å². The molecule has 0 fully saturated rings. The van der Waals surface area contributed by atoms with Crippen molar-refractivity contribution in [3.8, 4) is 33.4 Å². The van der Waals surface area contributed by atoms with Crippen molar-refractivity contribution in [1.29, 1.82) is 0 Å². The van der Waals surface area contributed by atoms with Crippen LogP contribution in [0.2, 0.25) is 0 Å². The third kappa shape index (κ3) is 5.15. The molecule has 1 spiro atoms. The zero-order valence-electron chi connectivity index (χ0n) is 39.5. The van der Waals surface area contributed by atoms with Crippen molar-refractivity contribution in [2.75, 3.05) is 4.90 Å². The first-order chi connectivity index (χ1) is 33.7. The van der Waals surface area contributed by atoms with Crippen LogP contribution in [0.5, 0.6) is 0 Å². The fraction of sp³-hybridized carbons (Fsp3) is 0.118. The van der Waals surface area contributed by atoms with Gasteiger partial charge in [-0.05, 0) is 137 Å². The molecule has 1 heteroatoms. The number of anilines is 3. The van der Waals surface area contributed by atoms with E-state index in [1.165, 1.54) is 100 Å². The minimum absolute atomic E-state index is 0.165.